The van der Waals surface area contributed by atoms with Crippen molar-refractivity contribution < 1.29 is 9.47 Å². The highest BCUT2D eigenvalue weighted by atomic mass is 16.6. The summed E-state index contributed by atoms with van der Waals surface area (Å²) in [6, 6.07) is 7.40. The van der Waals surface area contributed by atoms with Crippen molar-refractivity contribution in [2.75, 3.05) is 32.8 Å². The predicted molar refractivity (Wildman–Crippen MR) is 79.5 cm³/mol. The van der Waals surface area contributed by atoms with Crippen molar-refractivity contribution in [1.82, 2.24) is 10.2 Å². The van der Waals surface area contributed by atoms with Crippen LogP contribution in [0.3, 0.4) is 0 Å². The lowest BCUT2D eigenvalue weighted by Crippen LogP contribution is -2.38. The van der Waals surface area contributed by atoms with E-state index < -0.39 is 0 Å². The molecule has 1 fully saturated rings. The van der Waals surface area contributed by atoms with Gasteiger partial charge in [0.2, 0.25) is 0 Å². The zero-order valence-electron chi connectivity index (χ0n) is 12.4. The Bertz CT molecular complexity index is 458. The fraction of sp³-hybridized carbons (Fsp3) is 0.625. The van der Waals surface area contributed by atoms with Gasteiger partial charge in [-0.25, -0.2) is 0 Å². The highest BCUT2D eigenvalue weighted by Crippen LogP contribution is 2.34. The summed E-state index contributed by atoms with van der Waals surface area (Å²) in [5.74, 6) is 1.76. The Hall–Kier alpha value is -1.26. The Morgan fingerprint density at radius 3 is 2.80 bits per heavy atom. The molecule has 4 nitrogen and oxygen atoms in total. The van der Waals surface area contributed by atoms with Gasteiger partial charge in [0.05, 0.1) is 0 Å². The molecule has 2 heterocycles. The van der Waals surface area contributed by atoms with Crippen molar-refractivity contribution in [3.05, 3.63) is 23.8 Å². The molecule has 4 heteroatoms. The second kappa shape index (κ2) is 6.02. The zero-order valence-corrected chi connectivity index (χ0v) is 12.4. The minimum Gasteiger partial charge on any atom is -0.486 e. The van der Waals surface area contributed by atoms with Crippen LogP contribution in [0.1, 0.15) is 31.9 Å². The number of rotatable bonds is 4. The fourth-order valence-electron chi connectivity index (χ4n) is 3.28. The molecule has 0 spiro atoms. The number of hydrogen-bond donors (Lipinski definition) is 1. The maximum absolute atomic E-state index is 5.70. The topological polar surface area (TPSA) is 33.7 Å². The lowest BCUT2D eigenvalue weighted by Gasteiger charge is -2.33. The fourth-order valence-corrected chi connectivity index (χ4v) is 3.28. The molecule has 0 radical (unpaired) electrons. The molecule has 2 atom stereocenters. The standard InChI is InChI=1S/C16H24N2O2/c1-3-18(14-6-7-17-11-14)12(2)13-4-5-15-16(10-13)20-9-8-19-15/h4-5,10,12,14,17H,3,6-9,11H2,1-2H3. The lowest BCUT2D eigenvalue weighted by atomic mass is 10.0. The molecule has 0 aliphatic carbocycles. The van der Waals surface area contributed by atoms with Crippen LogP contribution in [0.25, 0.3) is 0 Å². The number of ether oxygens (including phenoxy) is 2. The molecule has 20 heavy (non-hydrogen) atoms. The van der Waals surface area contributed by atoms with Gasteiger partial charge >= 0.3 is 0 Å². The first-order chi connectivity index (χ1) is 9.79. The molecule has 3 rings (SSSR count). The van der Waals surface area contributed by atoms with Crippen LogP contribution < -0.4 is 14.8 Å². The Morgan fingerprint density at radius 2 is 2.10 bits per heavy atom. The molecular weight excluding hydrogens is 252 g/mol. The van der Waals surface area contributed by atoms with Gasteiger partial charge in [0, 0.05) is 18.6 Å². The van der Waals surface area contributed by atoms with Gasteiger partial charge in [0.25, 0.3) is 0 Å². The largest absolute Gasteiger partial charge is 0.486 e. The number of nitrogens with one attached hydrogen (secondary N) is 1. The number of likely N-dealkylation sites (N-methyl/N-ethyl adjacent to an activating group) is 1. The van der Waals surface area contributed by atoms with E-state index in [4.69, 9.17) is 9.47 Å². The van der Waals surface area contributed by atoms with Crippen LogP contribution in [0.4, 0.5) is 0 Å². The number of hydrogen-bond acceptors (Lipinski definition) is 4. The summed E-state index contributed by atoms with van der Waals surface area (Å²) < 4.78 is 11.3. The second-order valence-corrected chi connectivity index (χ2v) is 5.56. The summed E-state index contributed by atoms with van der Waals surface area (Å²) in [7, 11) is 0. The van der Waals surface area contributed by atoms with Crippen LogP contribution in [-0.4, -0.2) is 43.8 Å². The molecule has 2 aliphatic rings. The van der Waals surface area contributed by atoms with Crippen molar-refractivity contribution >= 4 is 0 Å². The monoisotopic (exact) mass is 276 g/mol. The van der Waals surface area contributed by atoms with Gasteiger partial charge < -0.3 is 14.8 Å². The Labute approximate surface area is 121 Å². The van der Waals surface area contributed by atoms with E-state index in [-0.39, 0.29) is 0 Å². The van der Waals surface area contributed by atoms with Crippen LogP contribution >= 0.6 is 0 Å². The van der Waals surface area contributed by atoms with Gasteiger partial charge in [0.15, 0.2) is 11.5 Å². The third-order valence-corrected chi connectivity index (χ3v) is 4.41. The summed E-state index contributed by atoms with van der Waals surface area (Å²) >= 11 is 0. The summed E-state index contributed by atoms with van der Waals surface area (Å²) in [6.45, 7) is 9.13. The predicted octanol–water partition coefficient (Wildman–Crippen LogP) is 2.20. The van der Waals surface area contributed by atoms with Crippen LogP contribution in [0.2, 0.25) is 0 Å². The van der Waals surface area contributed by atoms with E-state index in [0.29, 0.717) is 25.3 Å². The van der Waals surface area contributed by atoms with Crippen molar-refractivity contribution in [3.8, 4) is 11.5 Å². The minimum absolute atomic E-state index is 0.403. The van der Waals surface area contributed by atoms with Crippen molar-refractivity contribution in [3.63, 3.8) is 0 Å². The van der Waals surface area contributed by atoms with E-state index in [1.54, 1.807) is 0 Å². The van der Waals surface area contributed by atoms with Crippen molar-refractivity contribution in [2.45, 2.75) is 32.4 Å². The third-order valence-electron chi connectivity index (χ3n) is 4.41. The molecule has 0 amide bonds. The van der Waals surface area contributed by atoms with Crippen LogP contribution in [-0.2, 0) is 0 Å². The van der Waals surface area contributed by atoms with Gasteiger partial charge in [-0.15, -0.1) is 0 Å². The Morgan fingerprint density at radius 1 is 1.30 bits per heavy atom. The molecule has 0 bridgehead atoms. The summed E-state index contributed by atoms with van der Waals surface area (Å²) in [6.07, 6.45) is 1.24. The van der Waals surface area contributed by atoms with E-state index in [1.807, 2.05) is 6.07 Å². The van der Waals surface area contributed by atoms with Crippen LogP contribution in [0.5, 0.6) is 11.5 Å². The first kappa shape index (κ1) is 13.7. The summed E-state index contributed by atoms with van der Waals surface area (Å²) in [5.41, 5.74) is 1.31. The van der Waals surface area contributed by atoms with Gasteiger partial charge in [-0.1, -0.05) is 13.0 Å². The SMILES string of the molecule is CCN(C1CCNC1)C(C)c1ccc2c(c1)OCCO2. The van der Waals surface area contributed by atoms with Crippen LogP contribution in [0.15, 0.2) is 18.2 Å². The van der Waals surface area contributed by atoms with E-state index in [0.717, 1.165) is 31.1 Å². The first-order valence-electron chi connectivity index (χ1n) is 7.65. The number of benzene rings is 1. The van der Waals surface area contributed by atoms with E-state index in [1.165, 1.54) is 12.0 Å². The minimum atomic E-state index is 0.403. The molecule has 1 N–H and O–H groups in total. The molecule has 2 aliphatic heterocycles. The number of nitrogens with zero attached hydrogens (tertiary/aromatic N) is 1. The molecule has 1 aromatic carbocycles. The third kappa shape index (κ3) is 2.63. The summed E-state index contributed by atoms with van der Waals surface area (Å²) in [5, 5.41) is 3.46. The Balaban J connectivity index is 1.79. The normalized spacial score (nSPS) is 23.1. The summed E-state index contributed by atoms with van der Waals surface area (Å²) in [4.78, 5) is 2.57. The van der Waals surface area contributed by atoms with E-state index in [2.05, 4.69) is 36.2 Å². The van der Waals surface area contributed by atoms with Gasteiger partial charge in [-0.3, -0.25) is 4.90 Å². The second-order valence-electron chi connectivity index (χ2n) is 5.56. The maximum Gasteiger partial charge on any atom is 0.161 e. The van der Waals surface area contributed by atoms with E-state index in [9.17, 15) is 0 Å². The van der Waals surface area contributed by atoms with Crippen molar-refractivity contribution in [2.24, 2.45) is 0 Å². The van der Waals surface area contributed by atoms with E-state index >= 15 is 0 Å². The highest BCUT2D eigenvalue weighted by molar-refractivity contribution is 5.44. The smallest absolute Gasteiger partial charge is 0.161 e. The van der Waals surface area contributed by atoms with Crippen molar-refractivity contribution in [1.29, 1.82) is 0 Å². The number of fused-ring (bicyclic) bond motifs is 1. The van der Waals surface area contributed by atoms with Gasteiger partial charge in [-0.2, -0.15) is 0 Å². The maximum atomic E-state index is 5.70. The first-order valence-corrected chi connectivity index (χ1v) is 7.65. The van der Waals surface area contributed by atoms with Gasteiger partial charge in [-0.05, 0) is 44.1 Å². The highest BCUT2D eigenvalue weighted by Gasteiger charge is 2.26. The Kier molecular flexibility index (Phi) is 4.13. The zero-order chi connectivity index (χ0) is 13.9. The van der Waals surface area contributed by atoms with Crippen LogP contribution in [0, 0.1) is 0 Å². The molecule has 0 aromatic heterocycles. The quantitative estimate of drug-likeness (QED) is 0.914. The average Bonchev–Trinajstić information content (AvgIpc) is 3.01. The molecular formula is C16H24N2O2. The lowest BCUT2D eigenvalue weighted by molar-refractivity contribution is 0.158. The molecule has 110 valence electrons. The molecule has 1 saturated heterocycles. The average molecular weight is 276 g/mol. The molecule has 2 unspecified atom stereocenters. The molecule has 1 aromatic rings. The molecule has 0 saturated carbocycles. The van der Waals surface area contributed by atoms with Gasteiger partial charge in [0.1, 0.15) is 13.2 Å².